The predicted octanol–water partition coefficient (Wildman–Crippen LogP) is 6.43. The summed E-state index contributed by atoms with van der Waals surface area (Å²) in [6.45, 7) is 3.79. The molecule has 4 fully saturated rings. The monoisotopic (exact) mass is 638 g/mol. The van der Waals surface area contributed by atoms with E-state index in [2.05, 4.69) is 30.4 Å². The van der Waals surface area contributed by atoms with Crippen molar-refractivity contribution in [1.29, 1.82) is 0 Å². The Balaban J connectivity index is 1.11. The lowest BCUT2D eigenvalue weighted by Gasteiger charge is -2.33. The van der Waals surface area contributed by atoms with E-state index >= 15 is 8.78 Å². The molecular formula is C35H40F2N10. The highest BCUT2D eigenvalue weighted by Crippen LogP contribution is 2.48. The van der Waals surface area contributed by atoms with Crippen LogP contribution in [0.15, 0.2) is 36.7 Å². The Morgan fingerprint density at radius 2 is 1.17 bits per heavy atom. The first kappa shape index (κ1) is 29.0. The van der Waals surface area contributed by atoms with Crippen molar-refractivity contribution in [3.63, 3.8) is 0 Å². The molecule has 9 rings (SSSR count). The molecule has 3 aromatic heterocycles. The standard InChI is InChI=1S/C35H40F2N10/c36-23-16-29-27(42-33(44-29)25-6-4-10-38-25)14-21(23)31-8-9-32(47(31)20-18-40-35(41-19-20)46-12-2-1-3-13-46)22-15-28-30(17-24(22)37)45-34(43-28)26-7-5-11-39-26/h14-19,25-26,31-32,38-39H,1-13H2,(H,42,44)(H,43,45)/t25-,26-,31-,32+/m0/s1. The van der Waals surface area contributed by atoms with Crippen LogP contribution >= 0.6 is 0 Å². The molecule has 0 aliphatic carbocycles. The highest BCUT2D eigenvalue weighted by Gasteiger charge is 2.39. The molecule has 7 heterocycles. The number of aromatic nitrogens is 6. The van der Waals surface area contributed by atoms with Crippen LogP contribution in [0.2, 0.25) is 0 Å². The molecule has 244 valence electrons. The van der Waals surface area contributed by atoms with E-state index in [1.807, 2.05) is 24.5 Å². The minimum atomic E-state index is -0.347. The topological polar surface area (TPSA) is 114 Å². The molecule has 0 saturated carbocycles. The third-order valence-electron chi connectivity index (χ3n) is 10.7. The molecule has 47 heavy (non-hydrogen) atoms. The first-order valence-corrected chi connectivity index (χ1v) is 17.3. The van der Waals surface area contributed by atoms with Gasteiger partial charge in [0.05, 0.1) is 64.3 Å². The van der Waals surface area contributed by atoms with Gasteiger partial charge in [-0.25, -0.2) is 28.7 Å². The zero-order valence-electron chi connectivity index (χ0n) is 26.4. The minimum absolute atomic E-state index is 0.155. The Kier molecular flexibility index (Phi) is 7.30. The number of fused-ring (bicyclic) bond motifs is 2. The number of benzene rings is 2. The van der Waals surface area contributed by atoms with Crippen molar-refractivity contribution >= 4 is 33.7 Å². The third-order valence-corrected chi connectivity index (χ3v) is 10.7. The summed E-state index contributed by atoms with van der Waals surface area (Å²) in [5.41, 5.74) is 4.73. The molecule has 5 aromatic rings. The molecule has 12 heteroatoms. The molecule has 0 spiro atoms. The van der Waals surface area contributed by atoms with E-state index in [4.69, 9.17) is 19.9 Å². The number of piperidine rings is 1. The van der Waals surface area contributed by atoms with Gasteiger partial charge < -0.3 is 30.4 Å². The van der Waals surface area contributed by atoms with Crippen molar-refractivity contribution < 1.29 is 8.78 Å². The molecular weight excluding hydrogens is 598 g/mol. The number of anilines is 2. The number of imidazole rings is 2. The summed E-state index contributed by atoms with van der Waals surface area (Å²) in [5, 5.41) is 6.95. The minimum Gasteiger partial charge on any atom is -0.355 e. The molecule has 0 amide bonds. The van der Waals surface area contributed by atoms with Gasteiger partial charge in [-0.05, 0) is 83.0 Å². The van der Waals surface area contributed by atoms with E-state index in [9.17, 15) is 0 Å². The van der Waals surface area contributed by atoms with Crippen molar-refractivity contribution in [2.75, 3.05) is 36.0 Å². The quantitative estimate of drug-likeness (QED) is 0.168. The number of hydrogen-bond acceptors (Lipinski definition) is 8. The first-order chi connectivity index (χ1) is 23.1. The Labute approximate surface area is 271 Å². The van der Waals surface area contributed by atoms with Crippen molar-refractivity contribution in [1.82, 2.24) is 40.5 Å². The second kappa shape index (κ2) is 11.8. The Morgan fingerprint density at radius 3 is 1.66 bits per heavy atom. The van der Waals surface area contributed by atoms with Crippen molar-refractivity contribution in [3.8, 4) is 0 Å². The van der Waals surface area contributed by atoms with Gasteiger partial charge in [-0.15, -0.1) is 0 Å². The lowest BCUT2D eigenvalue weighted by molar-refractivity contribution is 0.560. The zero-order chi connectivity index (χ0) is 31.5. The van der Waals surface area contributed by atoms with Crippen LogP contribution in [0.1, 0.15) is 105 Å². The van der Waals surface area contributed by atoms with Gasteiger partial charge in [0.25, 0.3) is 0 Å². The number of nitrogens with zero attached hydrogens (tertiary/aromatic N) is 6. The second-order valence-corrected chi connectivity index (χ2v) is 13.6. The van der Waals surface area contributed by atoms with Gasteiger partial charge in [0.2, 0.25) is 5.95 Å². The molecule has 0 unspecified atom stereocenters. The first-order valence-electron chi connectivity index (χ1n) is 17.3. The SMILES string of the molecule is Fc1cc2nc([C@@H]3CCCN3)[nH]c2cc1[C@H]1CC[C@@H](c2cc3[nH]c([C@@H]4CCCN4)nc3cc2F)N1c1cnc(N2CCCCC2)nc1. The third kappa shape index (κ3) is 5.22. The Morgan fingerprint density at radius 1 is 0.638 bits per heavy atom. The maximum absolute atomic E-state index is 16.1. The number of hydrogen-bond donors (Lipinski definition) is 4. The van der Waals surface area contributed by atoms with Crippen LogP contribution in [-0.2, 0) is 0 Å². The highest BCUT2D eigenvalue weighted by atomic mass is 19.1. The van der Waals surface area contributed by atoms with E-state index in [1.54, 1.807) is 0 Å². The Bertz CT molecular complexity index is 1790. The van der Waals surface area contributed by atoms with E-state index in [0.717, 1.165) is 93.1 Å². The van der Waals surface area contributed by atoms with Crippen LogP contribution in [0, 0.1) is 11.6 Å². The number of nitrogens with one attached hydrogen (secondary N) is 4. The second-order valence-electron chi connectivity index (χ2n) is 13.6. The molecule has 10 nitrogen and oxygen atoms in total. The van der Waals surface area contributed by atoms with E-state index in [1.165, 1.54) is 18.6 Å². The smallest absolute Gasteiger partial charge is 0.225 e. The summed E-state index contributed by atoms with van der Waals surface area (Å²) < 4.78 is 32.2. The molecule has 4 saturated heterocycles. The van der Waals surface area contributed by atoms with Crippen LogP contribution < -0.4 is 20.4 Å². The molecule has 0 radical (unpaired) electrons. The van der Waals surface area contributed by atoms with Gasteiger partial charge in [0.1, 0.15) is 23.3 Å². The van der Waals surface area contributed by atoms with E-state index in [0.29, 0.717) is 41.0 Å². The average molecular weight is 639 g/mol. The summed E-state index contributed by atoms with van der Waals surface area (Å²) in [5.74, 6) is 1.78. The van der Waals surface area contributed by atoms with E-state index in [-0.39, 0.29) is 35.8 Å². The van der Waals surface area contributed by atoms with Crippen LogP contribution in [0.25, 0.3) is 22.1 Å². The van der Waals surface area contributed by atoms with Gasteiger partial charge in [0, 0.05) is 36.3 Å². The summed E-state index contributed by atoms with van der Waals surface area (Å²) in [4.78, 5) is 30.3. The van der Waals surface area contributed by atoms with Crippen LogP contribution in [0.3, 0.4) is 0 Å². The largest absolute Gasteiger partial charge is 0.355 e. The fourth-order valence-corrected chi connectivity index (χ4v) is 8.30. The maximum atomic E-state index is 16.1. The van der Waals surface area contributed by atoms with Crippen LogP contribution in [-0.4, -0.2) is 56.1 Å². The van der Waals surface area contributed by atoms with Crippen LogP contribution in [0.4, 0.5) is 20.4 Å². The zero-order valence-corrected chi connectivity index (χ0v) is 26.4. The average Bonchev–Trinajstić information content (AvgIpc) is 3.93. The van der Waals surface area contributed by atoms with Crippen molar-refractivity contribution in [2.45, 2.75) is 82.0 Å². The normalized spacial score (nSPS) is 25.1. The fourth-order valence-electron chi connectivity index (χ4n) is 8.30. The Hall–Kier alpha value is -4.16. The van der Waals surface area contributed by atoms with Gasteiger partial charge in [0.15, 0.2) is 0 Å². The molecule has 4 aliphatic rings. The highest BCUT2D eigenvalue weighted by molar-refractivity contribution is 5.78. The van der Waals surface area contributed by atoms with Crippen molar-refractivity contribution in [3.05, 3.63) is 71.1 Å². The summed E-state index contributed by atoms with van der Waals surface area (Å²) in [6.07, 6.45) is 12.6. The lowest BCUT2D eigenvalue weighted by Crippen LogP contribution is -2.31. The van der Waals surface area contributed by atoms with Gasteiger partial charge in [-0.2, -0.15) is 0 Å². The summed E-state index contributed by atoms with van der Waals surface area (Å²) in [7, 11) is 0. The molecule has 4 aliphatic heterocycles. The lowest BCUT2D eigenvalue weighted by atomic mass is 10.0. The van der Waals surface area contributed by atoms with Gasteiger partial charge in [-0.3, -0.25) is 0 Å². The van der Waals surface area contributed by atoms with Crippen LogP contribution in [0.5, 0.6) is 0 Å². The van der Waals surface area contributed by atoms with Gasteiger partial charge >= 0.3 is 0 Å². The number of halogens is 2. The number of aromatic amines is 2. The predicted molar refractivity (Wildman–Crippen MR) is 177 cm³/mol. The molecule has 2 aromatic carbocycles. The number of H-pyrrole nitrogens is 2. The number of rotatable bonds is 6. The van der Waals surface area contributed by atoms with Crippen molar-refractivity contribution in [2.24, 2.45) is 0 Å². The molecule has 4 atom stereocenters. The van der Waals surface area contributed by atoms with Gasteiger partial charge in [-0.1, -0.05) is 0 Å². The summed E-state index contributed by atoms with van der Waals surface area (Å²) >= 11 is 0. The molecule has 4 N–H and O–H groups in total. The fraction of sp³-hybridized carbons (Fsp3) is 0.486. The maximum Gasteiger partial charge on any atom is 0.225 e. The van der Waals surface area contributed by atoms with E-state index < -0.39 is 0 Å². The molecule has 0 bridgehead atoms. The summed E-state index contributed by atoms with van der Waals surface area (Å²) in [6, 6.07) is 6.49.